The summed E-state index contributed by atoms with van der Waals surface area (Å²) in [6.45, 7) is 1.62. The van der Waals surface area contributed by atoms with Crippen molar-refractivity contribution in [1.29, 1.82) is 0 Å². The summed E-state index contributed by atoms with van der Waals surface area (Å²) in [4.78, 5) is 4.22. The molecule has 0 fully saturated rings. The van der Waals surface area contributed by atoms with Crippen molar-refractivity contribution in [3.05, 3.63) is 36.4 Å². The molecule has 1 atom stereocenters. The highest BCUT2D eigenvalue weighted by Crippen LogP contribution is 2.14. The summed E-state index contributed by atoms with van der Waals surface area (Å²) >= 11 is 0. The number of aliphatic hydroxyl groups is 1. The van der Waals surface area contributed by atoms with Crippen LogP contribution in [0.5, 0.6) is 0 Å². The third-order valence-corrected chi connectivity index (χ3v) is 3.52. The normalized spacial score (nSPS) is 13.5. The van der Waals surface area contributed by atoms with Gasteiger partial charge in [0.2, 0.25) is 0 Å². The molecule has 0 aliphatic rings. The van der Waals surface area contributed by atoms with Crippen molar-refractivity contribution < 1.29 is 13.5 Å². The van der Waals surface area contributed by atoms with Gasteiger partial charge in [-0.05, 0) is 19.1 Å². The highest BCUT2D eigenvalue weighted by atomic mass is 32.2. The standard InChI is InChI=1S/C11H13N3O3S/c1-8(15)11-4-3-9(5-12-11)14-7-10(6-13-14)18(2,16)17/h3-8,15H,1-2H3. The van der Waals surface area contributed by atoms with Gasteiger partial charge in [0, 0.05) is 12.5 Å². The Bertz CT molecular complexity index is 644. The van der Waals surface area contributed by atoms with Gasteiger partial charge in [0.05, 0.1) is 29.9 Å². The average Bonchev–Trinajstić information content (AvgIpc) is 2.78. The van der Waals surface area contributed by atoms with Crippen LogP contribution in [-0.4, -0.2) is 34.5 Å². The van der Waals surface area contributed by atoms with E-state index in [1.54, 1.807) is 19.1 Å². The van der Waals surface area contributed by atoms with E-state index in [1.165, 1.54) is 23.3 Å². The summed E-state index contributed by atoms with van der Waals surface area (Å²) in [5, 5.41) is 13.3. The van der Waals surface area contributed by atoms with Crippen molar-refractivity contribution in [2.75, 3.05) is 6.26 Å². The average molecular weight is 267 g/mol. The van der Waals surface area contributed by atoms with Crippen molar-refractivity contribution in [3.63, 3.8) is 0 Å². The molecule has 2 aromatic rings. The van der Waals surface area contributed by atoms with Crippen molar-refractivity contribution >= 4 is 9.84 Å². The number of hydrogen-bond donors (Lipinski definition) is 1. The topological polar surface area (TPSA) is 85.1 Å². The molecule has 96 valence electrons. The Balaban J connectivity index is 2.35. The molecule has 6 nitrogen and oxygen atoms in total. The van der Waals surface area contributed by atoms with Gasteiger partial charge in [0.25, 0.3) is 0 Å². The fraction of sp³-hybridized carbons (Fsp3) is 0.273. The quantitative estimate of drug-likeness (QED) is 0.885. The van der Waals surface area contributed by atoms with Gasteiger partial charge < -0.3 is 5.11 Å². The second-order valence-electron chi connectivity index (χ2n) is 4.01. The molecule has 0 spiro atoms. The zero-order chi connectivity index (χ0) is 13.3. The molecule has 1 N–H and O–H groups in total. The molecule has 0 bridgehead atoms. The second-order valence-corrected chi connectivity index (χ2v) is 6.03. The van der Waals surface area contributed by atoms with Gasteiger partial charge in [-0.25, -0.2) is 13.1 Å². The van der Waals surface area contributed by atoms with E-state index in [2.05, 4.69) is 10.1 Å². The number of rotatable bonds is 3. The minimum absolute atomic E-state index is 0.155. The summed E-state index contributed by atoms with van der Waals surface area (Å²) in [5.74, 6) is 0. The van der Waals surface area contributed by atoms with E-state index in [-0.39, 0.29) is 4.90 Å². The number of nitrogens with zero attached hydrogens (tertiary/aromatic N) is 3. The molecular formula is C11H13N3O3S. The first kappa shape index (κ1) is 12.7. The van der Waals surface area contributed by atoms with Crippen LogP contribution in [0.15, 0.2) is 35.6 Å². The molecule has 18 heavy (non-hydrogen) atoms. The lowest BCUT2D eigenvalue weighted by atomic mass is 10.2. The molecule has 0 saturated heterocycles. The molecular weight excluding hydrogens is 254 g/mol. The Hall–Kier alpha value is -1.73. The van der Waals surface area contributed by atoms with Gasteiger partial charge in [0.15, 0.2) is 9.84 Å². The van der Waals surface area contributed by atoms with Crippen LogP contribution in [0.4, 0.5) is 0 Å². The molecule has 1 unspecified atom stereocenters. The fourth-order valence-corrected chi connectivity index (χ4v) is 1.95. The Labute approximate surface area is 105 Å². The van der Waals surface area contributed by atoms with E-state index in [4.69, 9.17) is 0 Å². The van der Waals surface area contributed by atoms with Crippen LogP contribution in [0.1, 0.15) is 18.7 Å². The smallest absolute Gasteiger partial charge is 0.178 e. The van der Waals surface area contributed by atoms with Crippen LogP contribution in [0.3, 0.4) is 0 Å². The van der Waals surface area contributed by atoms with E-state index < -0.39 is 15.9 Å². The summed E-state index contributed by atoms with van der Waals surface area (Å²) in [7, 11) is -3.26. The Morgan fingerprint density at radius 2 is 2.06 bits per heavy atom. The van der Waals surface area contributed by atoms with E-state index in [1.807, 2.05) is 0 Å². The number of pyridine rings is 1. The Kier molecular flexibility index (Phi) is 3.18. The highest BCUT2D eigenvalue weighted by molar-refractivity contribution is 7.90. The van der Waals surface area contributed by atoms with Gasteiger partial charge in [0.1, 0.15) is 4.90 Å². The fourth-order valence-electron chi connectivity index (χ4n) is 1.42. The zero-order valence-corrected chi connectivity index (χ0v) is 10.8. The lowest BCUT2D eigenvalue weighted by Gasteiger charge is -2.05. The summed E-state index contributed by atoms with van der Waals surface area (Å²) < 4.78 is 24.1. The third kappa shape index (κ3) is 2.57. The molecule has 0 saturated carbocycles. The van der Waals surface area contributed by atoms with Gasteiger partial charge in [-0.2, -0.15) is 5.10 Å². The zero-order valence-electron chi connectivity index (χ0n) is 9.98. The Morgan fingerprint density at radius 1 is 1.33 bits per heavy atom. The molecule has 0 aromatic carbocycles. The molecule has 0 radical (unpaired) electrons. The van der Waals surface area contributed by atoms with Crippen LogP contribution in [0.25, 0.3) is 5.69 Å². The maximum Gasteiger partial charge on any atom is 0.178 e. The molecule has 2 rings (SSSR count). The lowest BCUT2D eigenvalue weighted by Crippen LogP contribution is -1.99. The number of hydrogen-bond acceptors (Lipinski definition) is 5. The molecule has 0 amide bonds. The van der Waals surface area contributed by atoms with E-state index in [0.29, 0.717) is 11.4 Å². The lowest BCUT2D eigenvalue weighted by molar-refractivity contribution is 0.194. The predicted molar refractivity (Wildman–Crippen MR) is 65.1 cm³/mol. The second kappa shape index (κ2) is 4.51. The largest absolute Gasteiger partial charge is 0.387 e. The van der Waals surface area contributed by atoms with Crippen LogP contribution in [0.2, 0.25) is 0 Å². The minimum Gasteiger partial charge on any atom is -0.387 e. The first-order chi connectivity index (χ1) is 8.38. The van der Waals surface area contributed by atoms with Crippen LogP contribution >= 0.6 is 0 Å². The van der Waals surface area contributed by atoms with Gasteiger partial charge in [-0.15, -0.1) is 0 Å². The van der Waals surface area contributed by atoms with Gasteiger partial charge in [-0.1, -0.05) is 0 Å². The highest BCUT2D eigenvalue weighted by Gasteiger charge is 2.11. The molecule has 2 heterocycles. The third-order valence-electron chi connectivity index (χ3n) is 2.45. The maximum absolute atomic E-state index is 11.3. The van der Waals surface area contributed by atoms with E-state index in [0.717, 1.165) is 6.26 Å². The Morgan fingerprint density at radius 3 is 2.50 bits per heavy atom. The number of aliphatic hydroxyl groups excluding tert-OH is 1. The summed E-state index contributed by atoms with van der Waals surface area (Å²) in [6.07, 6.45) is 4.74. The molecule has 2 aromatic heterocycles. The molecule has 0 aliphatic carbocycles. The van der Waals surface area contributed by atoms with Crippen molar-refractivity contribution in [2.24, 2.45) is 0 Å². The SMILES string of the molecule is CC(O)c1ccc(-n2cc(S(C)(=O)=O)cn2)cn1. The van der Waals surface area contributed by atoms with Gasteiger partial charge >= 0.3 is 0 Å². The number of aromatic nitrogens is 3. The number of sulfone groups is 1. The minimum atomic E-state index is -3.26. The van der Waals surface area contributed by atoms with Gasteiger partial charge in [-0.3, -0.25) is 4.98 Å². The first-order valence-corrected chi connectivity index (χ1v) is 7.16. The van der Waals surface area contributed by atoms with E-state index >= 15 is 0 Å². The van der Waals surface area contributed by atoms with Crippen LogP contribution in [-0.2, 0) is 9.84 Å². The summed E-state index contributed by atoms with van der Waals surface area (Å²) in [6, 6.07) is 3.38. The van der Waals surface area contributed by atoms with Crippen LogP contribution < -0.4 is 0 Å². The summed E-state index contributed by atoms with van der Waals surface area (Å²) in [5.41, 5.74) is 1.18. The molecule has 7 heteroatoms. The first-order valence-electron chi connectivity index (χ1n) is 5.27. The van der Waals surface area contributed by atoms with Crippen molar-refractivity contribution in [2.45, 2.75) is 17.9 Å². The predicted octanol–water partition coefficient (Wildman–Crippen LogP) is 0.724. The molecule has 0 aliphatic heterocycles. The van der Waals surface area contributed by atoms with Crippen molar-refractivity contribution in [3.8, 4) is 5.69 Å². The maximum atomic E-state index is 11.3. The van der Waals surface area contributed by atoms with Crippen LogP contribution in [0, 0.1) is 0 Å². The monoisotopic (exact) mass is 267 g/mol. The van der Waals surface area contributed by atoms with E-state index in [9.17, 15) is 13.5 Å². The van der Waals surface area contributed by atoms with Crippen molar-refractivity contribution in [1.82, 2.24) is 14.8 Å².